The molecule has 6 heteroatoms. The average molecular weight is 223 g/mol. The number of rotatable bonds is 3. The van der Waals surface area contributed by atoms with Gasteiger partial charge in [-0.2, -0.15) is 5.10 Å². The molecule has 1 N–H and O–H groups in total. The van der Waals surface area contributed by atoms with Gasteiger partial charge in [-0.05, 0) is 6.92 Å². The number of carbonyl (C=O) groups is 1. The van der Waals surface area contributed by atoms with E-state index in [4.69, 9.17) is 0 Å². The van der Waals surface area contributed by atoms with Gasteiger partial charge in [0.05, 0.1) is 6.54 Å². The minimum Gasteiger partial charge on any atom is -0.340 e. The van der Waals surface area contributed by atoms with Crippen molar-refractivity contribution in [1.29, 1.82) is 0 Å². The highest BCUT2D eigenvalue weighted by Gasteiger charge is 2.19. The SMILES string of the molecule is C[C@@H]1CN(C(=O)CCn2cncn2)CCN1. The van der Waals surface area contributed by atoms with Crippen LogP contribution < -0.4 is 5.32 Å². The predicted molar refractivity (Wildman–Crippen MR) is 58.7 cm³/mol. The van der Waals surface area contributed by atoms with E-state index in [1.54, 1.807) is 11.0 Å². The van der Waals surface area contributed by atoms with Crippen LogP contribution in [0.1, 0.15) is 13.3 Å². The molecule has 1 aliphatic rings. The quantitative estimate of drug-likeness (QED) is 0.749. The monoisotopic (exact) mass is 223 g/mol. The average Bonchev–Trinajstić information content (AvgIpc) is 2.78. The Kier molecular flexibility index (Phi) is 3.51. The minimum atomic E-state index is 0.198. The Bertz CT molecular complexity index is 337. The molecule has 0 aromatic carbocycles. The summed E-state index contributed by atoms with van der Waals surface area (Å²) in [5.41, 5.74) is 0. The second-order valence-electron chi connectivity index (χ2n) is 4.10. The number of nitrogens with zero attached hydrogens (tertiary/aromatic N) is 4. The summed E-state index contributed by atoms with van der Waals surface area (Å²) in [6.45, 7) is 5.20. The molecule has 16 heavy (non-hydrogen) atoms. The summed E-state index contributed by atoms with van der Waals surface area (Å²) >= 11 is 0. The van der Waals surface area contributed by atoms with E-state index in [1.165, 1.54) is 6.33 Å². The van der Waals surface area contributed by atoms with Gasteiger partial charge in [0.15, 0.2) is 0 Å². The third-order valence-electron chi connectivity index (χ3n) is 2.74. The zero-order valence-corrected chi connectivity index (χ0v) is 9.46. The third-order valence-corrected chi connectivity index (χ3v) is 2.74. The zero-order chi connectivity index (χ0) is 11.4. The first-order valence-electron chi connectivity index (χ1n) is 5.59. The van der Waals surface area contributed by atoms with Crippen molar-refractivity contribution in [2.45, 2.75) is 25.9 Å². The Hall–Kier alpha value is -1.43. The van der Waals surface area contributed by atoms with E-state index in [-0.39, 0.29) is 5.91 Å². The van der Waals surface area contributed by atoms with Crippen molar-refractivity contribution in [2.24, 2.45) is 0 Å². The summed E-state index contributed by atoms with van der Waals surface area (Å²) in [4.78, 5) is 17.6. The fourth-order valence-electron chi connectivity index (χ4n) is 1.88. The molecular weight excluding hydrogens is 206 g/mol. The molecule has 0 bridgehead atoms. The molecule has 2 heterocycles. The first-order valence-corrected chi connectivity index (χ1v) is 5.59. The van der Waals surface area contributed by atoms with Crippen molar-refractivity contribution in [3.05, 3.63) is 12.7 Å². The van der Waals surface area contributed by atoms with Gasteiger partial charge in [0, 0.05) is 32.1 Å². The minimum absolute atomic E-state index is 0.198. The largest absolute Gasteiger partial charge is 0.340 e. The summed E-state index contributed by atoms with van der Waals surface area (Å²) in [7, 11) is 0. The van der Waals surface area contributed by atoms with Crippen LogP contribution in [-0.2, 0) is 11.3 Å². The standard InChI is InChI=1S/C10H17N5O/c1-9-6-14(5-3-12-9)10(16)2-4-15-8-11-7-13-15/h7-9,12H,2-6H2,1H3/t9-/m1/s1. The van der Waals surface area contributed by atoms with E-state index in [2.05, 4.69) is 22.3 Å². The van der Waals surface area contributed by atoms with Crippen LogP contribution in [0.5, 0.6) is 0 Å². The van der Waals surface area contributed by atoms with Crippen LogP contribution in [0.15, 0.2) is 12.7 Å². The molecule has 1 fully saturated rings. The molecule has 0 saturated carbocycles. The van der Waals surface area contributed by atoms with Crippen molar-refractivity contribution in [3.63, 3.8) is 0 Å². The van der Waals surface area contributed by atoms with Gasteiger partial charge in [-0.3, -0.25) is 9.48 Å². The molecule has 0 unspecified atom stereocenters. The van der Waals surface area contributed by atoms with Gasteiger partial charge in [0.25, 0.3) is 0 Å². The Labute approximate surface area is 94.6 Å². The highest BCUT2D eigenvalue weighted by Crippen LogP contribution is 2.02. The second-order valence-corrected chi connectivity index (χ2v) is 4.10. The lowest BCUT2D eigenvalue weighted by Gasteiger charge is -2.31. The lowest BCUT2D eigenvalue weighted by atomic mass is 10.2. The van der Waals surface area contributed by atoms with E-state index < -0.39 is 0 Å². The van der Waals surface area contributed by atoms with Crippen LogP contribution in [0.25, 0.3) is 0 Å². The van der Waals surface area contributed by atoms with Gasteiger partial charge in [-0.15, -0.1) is 0 Å². The number of aromatic nitrogens is 3. The Balaban J connectivity index is 1.79. The van der Waals surface area contributed by atoms with Crippen molar-refractivity contribution in [3.8, 4) is 0 Å². The maximum atomic E-state index is 11.9. The van der Waals surface area contributed by atoms with Crippen LogP contribution in [0.4, 0.5) is 0 Å². The third kappa shape index (κ3) is 2.79. The highest BCUT2D eigenvalue weighted by atomic mass is 16.2. The molecule has 1 aliphatic heterocycles. The maximum absolute atomic E-state index is 11.9. The highest BCUT2D eigenvalue weighted by molar-refractivity contribution is 5.76. The van der Waals surface area contributed by atoms with Crippen molar-refractivity contribution in [1.82, 2.24) is 25.0 Å². The van der Waals surface area contributed by atoms with Gasteiger partial charge >= 0.3 is 0 Å². The number of hydrogen-bond donors (Lipinski definition) is 1. The molecule has 0 radical (unpaired) electrons. The Morgan fingerprint density at radius 1 is 1.62 bits per heavy atom. The molecule has 6 nitrogen and oxygen atoms in total. The fraction of sp³-hybridized carbons (Fsp3) is 0.700. The predicted octanol–water partition coefficient (Wildman–Crippen LogP) is -0.511. The number of aryl methyl sites for hydroxylation is 1. The van der Waals surface area contributed by atoms with Crippen LogP contribution in [-0.4, -0.2) is 51.2 Å². The van der Waals surface area contributed by atoms with Crippen LogP contribution in [0.3, 0.4) is 0 Å². The van der Waals surface area contributed by atoms with Crippen molar-refractivity contribution in [2.75, 3.05) is 19.6 Å². The summed E-state index contributed by atoms with van der Waals surface area (Å²) in [6, 6.07) is 0.393. The normalized spacial score (nSPS) is 21.1. The molecule has 0 aliphatic carbocycles. The van der Waals surface area contributed by atoms with Gasteiger partial charge in [0.1, 0.15) is 12.7 Å². The first kappa shape index (κ1) is 11.1. The van der Waals surface area contributed by atoms with E-state index in [0.717, 1.165) is 19.6 Å². The Morgan fingerprint density at radius 3 is 3.19 bits per heavy atom. The summed E-state index contributed by atoms with van der Waals surface area (Å²) in [6.07, 6.45) is 3.61. The lowest BCUT2D eigenvalue weighted by Crippen LogP contribution is -2.51. The molecule has 2 rings (SSSR count). The van der Waals surface area contributed by atoms with Gasteiger partial charge in [0.2, 0.25) is 5.91 Å². The number of piperazine rings is 1. The molecule has 1 saturated heterocycles. The molecule has 1 atom stereocenters. The number of carbonyl (C=O) groups excluding carboxylic acids is 1. The number of nitrogens with one attached hydrogen (secondary N) is 1. The number of amides is 1. The van der Waals surface area contributed by atoms with Crippen molar-refractivity contribution < 1.29 is 4.79 Å². The van der Waals surface area contributed by atoms with Crippen LogP contribution in [0, 0.1) is 0 Å². The van der Waals surface area contributed by atoms with E-state index >= 15 is 0 Å². The second kappa shape index (κ2) is 5.07. The Morgan fingerprint density at radius 2 is 2.50 bits per heavy atom. The van der Waals surface area contributed by atoms with Crippen molar-refractivity contribution >= 4 is 5.91 Å². The van der Waals surface area contributed by atoms with E-state index in [9.17, 15) is 4.79 Å². The van der Waals surface area contributed by atoms with Gasteiger partial charge in [-0.1, -0.05) is 0 Å². The van der Waals surface area contributed by atoms with Gasteiger partial charge < -0.3 is 10.2 Å². The fourth-order valence-corrected chi connectivity index (χ4v) is 1.88. The molecule has 1 amide bonds. The molecule has 1 aromatic heterocycles. The summed E-state index contributed by atoms with van der Waals surface area (Å²) in [5, 5.41) is 7.29. The molecule has 1 aromatic rings. The van der Waals surface area contributed by atoms with Crippen LogP contribution in [0.2, 0.25) is 0 Å². The summed E-state index contributed by atoms with van der Waals surface area (Å²) in [5.74, 6) is 0.198. The van der Waals surface area contributed by atoms with E-state index in [0.29, 0.717) is 19.0 Å². The zero-order valence-electron chi connectivity index (χ0n) is 9.46. The molecule has 0 spiro atoms. The van der Waals surface area contributed by atoms with Gasteiger partial charge in [-0.25, -0.2) is 4.98 Å². The maximum Gasteiger partial charge on any atom is 0.224 e. The molecule has 88 valence electrons. The topological polar surface area (TPSA) is 63.1 Å². The first-order chi connectivity index (χ1) is 7.75. The molecular formula is C10H17N5O. The lowest BCUT2D eigenvalue weighted by molar-refractivity contribution is -0.132. The number of hydrogen-bond acceptors (Lipinski definition) is 4. The smallest absolute Gasteiger partial charge is 0.224 e. The van der Waals surface area contributed by atoms with Crippen LogP contribution >= 0.6 is 0 Å². The summed E-state index contributed by atoms with van der Waals surface area (Å²) < 4.78 is 1.68. The van der Waals surface area contributed by atoms with E-state index in [1.807, 2.05) is 4.90 Å².